The highest BCUT2D eigenvalue weighted by Gasteiger charge is 2.50. The lowest BCUT2D eigenvalue weighted by molar-refractivity contribution is -0.143. The van der Waals surface area contributed by atoms with E-state index in [1.54, 1.807) is 6.07 Å². The maximum atomic E-state index is 17.1. The van der Waals surface area contributed by atoms with Gasteiger partial charge in [-0.15, -0.1) is 6.42 Å². The number of phenols is 1. The molecule has 8 nitrogen and oxygen atoms in total. The molecule has 9 rings (SSSR count). The van der Waals surface area contributed by atoms with Crippen LogP contribution in [0.5, 0.6) is 11.8 Å². The molecular formula is C41H40F5N5O3. The topological polar surface area (TPSA) is 82.0 Å². The van der Waals surface area contributed by atoms with Crippen LogP contribution >= 0.6 is 0 Å². The minimum atomic E-state index is -2.73. The molecule has 54 heavy (non-hydrogen) atoms. The van der Waals surface area contributed by atoms with Crippen molar-refractivity contribution in [3.05, 3.63) is 53.6 Å². The first kappa shape index (κ1) is 35.0. The number of rotatable bonds is 6. The molecule has 13 heteroatoms. The number of fused-ring (bicyclic) bond motifs is 5. The number of nitrogens with zero attached hydrogens (tertiary/aromatic N) is 5. The molecule has 5 aliphatic rings. The maximum Gasteiger partial charge on any atom is 0.319 e. The molecule has 3 unspecified atom stereocenters. The van der Waals surface area contributed by atoms with Crippen molar-refractivity contribution in [2.24, 2.45) is 5.92 Å². The van der Waals surface area contributed by atoms with Crippen molar-refractivity contribution in [3.8, 4) is 35.2 Å². The summed E-state index contributed by atoms with van der Waals surface area (Å²) >= 11 is 0. The molecule has 1 N–H and O–H groups in total. The molecule has 5 heterocycles. The monoisotopic (exact) mass is 745 g/mol. The van der Waals surface area contributed by atoms with E-state index in [9.17, 15) is 27.5 Å². The average molecular weight is 746 g/mol. The number of hydrogen-bond acceptors (Lipinski definition) is 7. The van der Waals surface area contributed by atoms with Crippen molar-refractivity contribution >= 4 is 33.4 Å². The van der Waals surface area contributed by atoms with Crippen LogP contribution in [0.25, 0.3) is 32.8 Å². The Morgan fingerprint density at radius 2 is 1.74 bits per heavy atom. The molecule has 1 amide bonds. The Morgan fingerprint density at radius 1 is 0.981 bits per heavy atom. The lowest BCUT2D eigenvalue weighted by atomic mass is 9.85. The summed E-state index contributed by atoms with van der Waals surface area (Å²) in [6.07, 6.45) is 7.96. The highest BCUT2D eigenvalue weighted by atomic mass is 19.3. The van der Waals surface area contributed by atoms with Gasteiger partial charge in [0.1, 0.15) is 35.7 Å². The molecule has 1 aliphatic carbocycles. The normalized spacial score (nSPS) is 26.8. The largest absolute Gasteiger partial charge is 0.508 e. The summed E-state index contributed by atoms with van der Waals surface area (Å²) in [5.74, 6) is -2.02. The summed E-state index contributed by atoms with van der Waals surface area (Å²) in [6.45, 7) is 2.00. The lowest BCUT2D eigenvalue weighted by Crippen LogP contribution is -2.57. The van der Waals surface area contributed by atoms with Gasteiger partial charge in [-0.05, 0) is 80.3 Å². The van der Waals surface area contributed by atoms with Crippen LogP contribution in [-0.2, 0) is 4.79 Å². The zero-order valence-electron chi connectivity index (χ0n) is 29.6. The number of amides is 1. The van der Waals surface area contributed by atoms with Gasteiger partial charge < -0.3 is 19.6 Å². The van der Waals surface area contributed by atoms with Crippen molar-refractivity contribution in [3.63, 3.8) is 0 Å². The van der Waals surface area contributed by atoms with E-state index < -0.39 is 35.2 Å². The summed E-state index contributed by atoms with van der Waals surface area (Å²) in [5.41, 5.74) is -0.422. The molecule has 282 valence electrons. The number of hydrogen-bond donors (Lipinski definition) is 1. The smallest absolute Gasteiger partial charge is 0.319 e. The van der Waals surface area contributed by atoms with Crippen molar-refractivity contribution in [2.45, 2.75) is 87.5 Å². The van der Waals surface area contributed by atoms with Gasteiger partial charge in [0, 0.05) is 73.2 Å². The number of halogens is 5. The number of phenolic OH excluding ortho intramolecular Hbond substituents is 1. The summed E-state index contributed by atoms with van der Waals surface area (Å²) in [4.78, 5) is 29.2. The van der Waals surface area contributed by atoms with Gasteiger partial charge in [-0.25, -0.2) is 22.0 Å². The van der Waals surface area contributed by atoms with E-state index in [4.69, 9.17) is 16.1 Å². The van der Waals surface area contributed by atoms with Gasteiger partial charge in [0.25, 0.3) is 0 Å². The predicted octanol–water partition coefficient (Wildman–Crippen LogP) is 7.38. The van der Waals surface area contributed by atoms with Crippen molar-refractivity contribution in [2.75, 3.05) is 37.7 Å². The first-order chi connectivity index (χ1) is 25.9. The Balaban J connectivity index is 1.11. The van der Waals surface area contributed by atoms with E-state index >= 15 is 4.39 Å². The zero-order valence-corrected chi connectivity index (χ0v) is 29.6. The Kier molecular flexibility index (Phi) is 8.41. The van der Waals surface area contributed by atoms with Gasteiger partial charge in [-0.2, -0.15) is 9.97 Å². The van der Waals surface area contributed by atoms with Crippen molar-refractivity contribution in [1.29, 1.82) is 0 Å². The van der Waals surface area contributed by atoms with Gasteiger partial charge >= 0.3 is 6.01 Å². The fourth-order valence-electron chi connectivity index (χ4n) is 10.00. The molecule has 1 aromatic heterocycles. The molecule has 4 aromatic rings. The number of anilines is 1. The number of aromatic hydroxyl groups is 1. The highest BCUT2D eigenvalue weighted by molar-refractivity contribution is 6.04. The number of aromatic nitrogens is 2. The summed E-state index contributed by atoms with van der Waals surface area (Å²) < 4.78 is 80.9. The van der Waals surface area contributed by atoms with Crippen LogP contribution in [-0.4, -0.2) is 93.3 Å². The van der Waals surface area contributed by atoms with Crippen LogP contribution < -0.4 is 9.64 Å². The first-order valence-corrected chi connectivity index (χ1v) is 18.8. The van der Waals surface area contributed by atoms with E-state index in [1.165, 1.54) is 30.3 Å². The zero-order chi connectivity index (χ0) is 37.5. The second kappa shape index (κ2) is 13.0. The summed E-state index contributed by atoms with van der Waals surface area (Å²) in [5, 5.41) is 11.7. The van der Waals surface area contributed by atoms with Crippen LogP contribution in [0.4, 0.5) is 27.8 Å². The number of carbonyl (C=O) groups is 1. The van der Waals surface area contributed by atoms with E-state index in [0.29, 0.717) is 42.6 Å². The van der Waals surface area contributed by atoms with E-state index in [1.807, 2.05) is 9.80 Å². The van der Waals surface area contributed by atoms with Crippen LogP contribution in [0.2, 0.25) is 0 Å². The first-order valence-electron chi connectivity index (χ1n) is 18.8. The molecule has 3 aromatic carbocycles. The third-order valence-corrected chi connectivity index (χ3v) is 12.6. The quantitative estimate of drug-likeness (QED) is 0.163. The third-order valence-electron chi connectivity index (χ3n) is 12.6. The van der Waals surface area contributed by atoms with Crippen LogP contribution in [0, 0.1) is 29.9 Å². The third kappa shape index (κ3) is 5.79. The van der Waals surface area contributed by atoms with Crippen LogP contribution in [0.3, 0.4) is 0 Å². The van der Waals surface area contributed by atoms with Gasteiger partial charge in [-0.1, -0.05) is 18.1 Å². The predicted molar refractivity (Wildman–Crippen MR) is 193 cm³/mol. The standard InChI is InChI=1S/C41H40F5N5O3/c1-2-29-33(43)9-4-24-16-28(52)17-32(34(24)29)30-7-8-31-36(35(30)44)47-39(54-22-40-12-3-15-50(40)19-25(42)18-40)48-37(31)49-20-26-5-6-27(21-49)51(26)38(53)23-10-13-41(45,46)14-11-23/h1,4,7-9,16-17,23,25-27,52H,3,5-6,10-15,18-22H2/t25?,26?,27?,40-/m0/s1. The average Bonchev–Trinajstić information content (AvgIpc) is 3.76. The minimum absolute atomic E-state index is 0.0336. The van der Waals surface area contributed by atoms with E-state index in [0.717, 1.165) is 32.2 Å². The maximum absolute atomic E-state index is 17.1. The molecule has 5 fully saturated rings. The molecule has 4 saturated heterocycles. The number of benzene rings is 3. The van der Waals surface area contributed by atoms with Gasteiger partial charge in [-0.3, -0.25) is 9.69 Å². The second-order valence-corrected chi connectivity index (χ2v) is 15.8. The molecule has 1 saturated carbocycles. The van der Waals surface area contributed by atoms with Gasteiger partial charge in [0.05, 0.1) is 11.1 Å². The number of ether oxygens (including phenoxy) is 1. The Morgan fingerprint density at radius 3 is 2.48 bits per heavy atom. The minimum Gasteiger partial charge on any atom is -0.508 e. The second-order valence-electron chi connectivity index (χ2n) is 15.8. The molecule has 4 aliphatic heterocycles. The number of terminal acetylenes is 1. The fraction of sp³-hybridized carbons (Fsp3) is 0.488. The number of alkyl halides is 3. The Hall–Kier alpha value is -4.70. The molecule has 2 bridgehead atoms. The molecule has 0 radical (unpaired) electrons. The summed E-state index contributed by atoms with van der Waals surface area (Å²) in [7, 11) is 0. The fourth-order valence-corrected chi connectivity index (χ4v) is 10.00. The van der Waals surface area contributed by atoms with Gasteiger partial charge in [0.15, 0.2) is 5.82 Å². The Labute approximate surface area is 309 Å². The number of piperazine rings is 1. The number of carbonyl (C=O) groups excluding carboxylic acids is 1. The van der Waals surface area contributed by atoms with Crippen LogP contribution in [0.15, 0.2) is 36.4 Å². The van der Waals surface area contributed by atoms with E-state index in [-0.39, 0.29) is 89.6 Å². The summed E-state index contributed by atoms with van der Waals surface area (Å²) in [6, 6.07) is 8.22. The SMILES string of the molecule is C#Cc1c(F)ccc2cc(O)cc(-c3ccc4c(N5CC6CCC(C5)N6C(=O)C5CCC(F)(F)CC5)nc(OC[C@@]56CCCN5CC(F)C6)nc4c3F)c12. The molecular weight excluding hydrogens is 705 g/mol. The van der Waals surface area contributed by atoms with Crippen molar-refractivity contribution < 1.29 is 36.6 Å². The van der Waals surface area contributed by atoms with E-state index in [2.05, 4.69) is 15.8 Å². The van der Waals surface area contributed by atoms with Crippen LogP contribution in [0.1, 0.15) is 63.4 Å². The van der Waals surface area contributed by atoms with Crippen molar-refractivity contribution in [1.82, 2.24) is 19.8 Å². The lowest BCUT2D eigenvalue weighted by Gasteiger charge is -2.44. The Bertz CT molecular complexity index is 2210. The molecule has 4 atom stereocenters. The van der Waals surface area contributed by atoms with Gasteiger partial charge in [0.2, 0.25) is 11.8 Å². The highest BCUT2D eigenvalue weighted by Crippen LogP contribution is 2.44. The molecule has 0 spiro atoms.